The van der Waals surface area contributed by atoms with Crippen molar-refractivity contribution in [3.63, 3.8) is 0 Å². The van der Waals surface area contributed by atoms with Gasteiger partial charge in [-0.15, -0.1) is 0 Å². The zero-order valence-corrected chi connectivity index (χ0v) is 14.2. The highest BCUT2D eigenvalue weighted by Crippen LogP contribution is 2.31. The smallest absolute Gasteiger partial charge is 0.143 e. The summed E-state index contributed by atoms with van der Waals surface area (Å²) < 4.78 is 5.58. The Morgan fingerprint density at radius 1 is 0.960 bits per heavy atom. The SMILES string of the molecule is OCCCN1CCc2onc(-c3ccc(-c4ccccc4)cc3)c2C1. The molecular weight excluding hydrogens is 312 g/mol. The van der Waals surface area contributed by atoms with Crippen LogP contribution >= 0.6 is 0 Å². The average Bonchev–Trinajstić information content (AvgIpc) is 3.10. The van der Waals surface area contributed by atoms with Crippen LogP contribution in [-0.4, -0.2) is 34.9 Å². The third-order valence-corrected chi connectivity index (χ3v) is 4.80. The summed E-state index contributed by atoms with van der Waals surface area (Å²) >= 11 is 0. The number of aliphatic hydroxyl groups excluding tert-OH is 1. The third kappa shape index (κ3) is 3.36. The van der Waals surface area contributed by atoms with Crippen LogP contribution < -0.4 is 0 Å². The normalized spacial score (nSPS) is 14.4. The molecule has 0 atom stereocenters. The molecule has 3 aromatic rings. The Morgan fingerprint density at radius 2 is 1.68 bits per heavy atom. The van der Waals surface area contributed by atoms with Crippen molar-refractivity contribution in [2.24, 2.45) is 0 Å². The summed E-state index contributed by atoms with van der Waals surface area (Å²) in [6.45, 7) is 2.96. The predicted molar refractivity (Wildman–Crippen MR) is 98.1 cm³/mol. The maximum Gasteiger partial charge on any atom is 0.143 e. The number of benzene rings is 2. The predicted octanol–water partition coefficient (Wildman–Crippen LogP) is 3.75. The highest BCUT2D eigenvalue weighted by molar-refractivity contribution is 5.70. The van der Waals surface area contributed by atoms with Gasteiger partial charge in [-0.25, -0.2) is 0 Å². The largest absolute Gasteiger partial charge is 0.396 e. The first kappa shape index (κ1) is 16.1. The first-order chi connectivity index (χ1) is 12.3. The number of nitrogens with zero attached hydrogens (tertiary/aromatic N) is 2. The van der Waals surface area contributed by atoms with E-state index in [2.05, 4.69) is 58.6 Å². The van der Waals surface area contributed by atoms with Crippen LogP contribution in [0.2, 0.25) is 0 Å². The van der Waals surface area contributed by atoms with E-state index in [1.54, 1.807) is 0 Å². The summed E-state index contributed by atoms with van der Waals surface area (Å²) in [5, 5.41) is 13.4. The molecule has 0 bridgehead atoms. The molecule has 1 aromatic heterocycles. The minimum atomic E-state index is 0.237. The van der Waals surface area contributed by atoms with Gasteiger partial charge in [0.25, 0.3) is 0 Å². The van der Waals surface area contributed by atoms with E-state index >= 15 is 0 Å². The van der Waals surface area contributed by atoms with Crippen molar-refractivity contribution in [2.45, 2.75) is 19.4 Å². The molecule has 0 radical (unpaired) electrons. The van der Waals surface area contributed by atoms with Gasteiger partial charge in [0.1, 0.15) is 11.5 Å². The minimum absolute atomic E-state index is 0.237. The van der Waals surface area contributed by atoms with Crippen molar-refractivity contribution >= 4 is 0 Å². The van der Waals surface area contributed by atoms with Gasteiger partial charge in [0.15, 0.2) is 0 Å². The molecule has 1 N–H and O–H groups in total. The van der Waals surface area contributed by atoms with Gasteiger partial charge >= 0.3 is 0 Å². The fourth-order valence-electron chi connectivity index (χ4n) is 3.43. The summed E-state index contributed by atoms with van der Waals surface area (Å²) in [6.07, 6.45) is 1.69. The van der Waals surface area contributed by atoms with Gasteiger partial charge in [-0.2, -0.15) is 0 Å². The Bertz CT molecular complexity index is 825. The molecule has 4 heteroatoms. The Morgan fingerprint density at radius 3 is 2.44 bits per heavy atom. The van der Waals surface area contributed by atoms with Crippen LogP contribution in [0, 0.1) is 0 Å². The monoisotopic (exact) mass is 334 g/mol. The van der Waals surface area contributed by atoms with Crippen molar-refractivity contribution < 1.29 is 9.63 Å². The maximum atomic E-state index is 9.05. The molecular formula is C21H22N2O2. The Kier molecular flexibility index (Phi) is 4.63. The van der Waals surface area contributed by atoms with Crippen LogP contribution in [0.25, 0.3) is 22.4 Å². The molecule has 1 aliphatic heterocycles. The molecule has 0 fully saturated rings. The van der Waals surface area contributed by atoms with Crippen molar-refractivity contribution in [1.82, 2.24) is 10.1 Å². The molecule has 0 spiro atoms. The fraction of sp³-hybridized carbons (Fsp3) is 0.286. The second kappa shape index (κ2) is 7.21. The summed E-state index contributed by atoms with van der Waals surface area (Å²) in [6, 6.07) is 18.9. The van der Waals surface area contributed by atoms with Crippen LogP contribution in [0.4, 0.5) is 0 Å². The maximum absolute atomic E-state index is 9.05. The van der Waals surface area contributed by atoms with Gasteiger partial charge < -0.3 is 9.63 Å². The quantitative estimate of drug-likeness (QED) is 0.772. The molecule has 0 unspecified atom stereocenters. The molecule has 25 heavy (non-hydrogen) atoms. The van der Waals surface area contributed by atoms with E-state index < -0.39 is 0 Å². The second-order valence-corrected chi connectivity index (χ2v) is 6.48. The average molecular weight is 334 g/mol. The van der Waals surface area contributed by atoms with E-state index in [1.165, 1.54) is 16.7 Å². The molecule has 128 valence electrons. The van der Waals surface area contributed by atoms with Gasteiger partial charge in [-0.3, -0.25) is 4.90 Å². The van der Waals surface area contributed by atoms with Gasteiger partial charge in [0.2, 0.25) is 0 Å². The van der Waals surface area contributed by atoms with Crippen molar-refractivity contribution in [1.29, 1.82) is 0 Å². The van der Waals surface area contributed by atoms with Crippen LogP contribution in [0.15, 0.2) is 59.1 Å². The standard InChI is InChI=1S/C21H22N2O2/c24-14-4-12-23-13-11-20-19(15-23)21(22-25-20)18-9-7-17(8-10-18)16-5-2-1-3-6-16/h1-3,5-10,24H,4,11-15H2. The molecule has 0 amide bonds. The number of hydrogen-bond donors (Lipinski definition) is 1. The van der Waals surface area contributed by atoms with E-state index in [1.807, 2.05) is 6.07 Å². The summed E-state index contributed by atoms with van der Waals surface area (Å²) in [4.78, 5) is 2.36. The third-order valence-electron chi connectivity index (χ3n) is 4.80. The summed E-state index contributed by atoms with van der Waals surface area (Å²) in [5.41, 5.74) is 5.64. The number of fused-ring (bicyclic) bond motifs is 1. The van der Waals surface area contributed by atoms with Gasteiger partial charge in [-0.1, -0.05) is 59.8 Å². The number of hydrogen-bond acceptors (Lipinski definition) is 4. The van der Waals surface area contributed by atoms with E-state index in [0.717, 1.165) is 49.5 Å². The van der Waals surface area contributed by atoms with Crippen LogP contribution in [0.5, 0.6) is 0 Å². The molecule has 0 saturated carbocycles. The highest BCUT2D eigenvalue weighted by Gasteiger charge is 2.24. The summed E-state index contributed by atoms with van der Waals surface area (Å²) in [5.74, 6) is 1.00. The fourth-order valence-corrected chi connectivity index (χ4v) is 3.43. The van der Waals surface area contributed by atoms with E-state index in [9.17, 15) is 0 Å². The van der Waals surface area contributed by atoms with Gasteiger partial charge in [0, 0.05) is 43.8 Å². The first-order valence-corrected chi connectivity index (χ1v) is 8.81. The van der Waals surface area contributed by atoms with Crippen molar-refractivity contribution in [3.8, 4) is 22.4 Å². The number of aliphatic hydroxyl groups is 1. The Labute approximate surface area is 147 Å². The lowest BCUT2D eigenvalue weighted by molar-refractivity contribution is 0.204. The zero-order valence-electron chi connectivity index (χ0n) is 14.2. The van der Waals surface area contributed by atoms with E-state index in [-0.39, 0.29) is 6.61 Å². The second-order valence-electron chi connectivity index (χ2n) is 6.48. The Hall–Kier alpha value is -2.43. The summed E-state index contributed by atoms with van der Waals surface area (Å²) in [7, 11) is 0. The molecule has 2 heterocycles. The lowest BCUT2D eigenvalue weighted by Gasteiger charge is -2.25. The van der Waals surface area contributed by atoms with E-state index in [0.29, 0.717) is 0 Å². The Balaban J connectivity index is 1.58. The lowest BCUT2D eigenvalue weighted by Crippen LogP contribution is -2.31. The van der Waals surface area contributed by atoms with Crippen molar-refractivity contribution in [2.75, 3.05) is 19.7 Å². The topological polar surface area (TPSA) is 49.5 Å². The molecule has 2 aromatic carbocycles. The van der Waals surface area contributed by atoms with Crippen LogP contribution in [-0.2, 0) is 13.0 Å². The first-order valence-electron chi connectivity index (χ1n) is 8.81. The molecule has 0 aliphatic carbocycles. The van der Waals surface area contributed by atoms with Crippen LogP contribution in [0.1, 0.15) is 17.7 Å². The highest BCUT2D eigenvalue weighted by atomic mass is 16.5. The van der Waals surface area contributed by atoms with Gasteiger partial charge in [0.05, 0.1) is 0 Å². The molecule has 0 saturated heterocycles. The van der Waals surface area contributed by atoms with Crippen LogP contribution in [0.3, 0.4) is 0 Å². The lowest BCUT2D eigenvalue weighted by atomic mass is 9.99. The molecule has 4 nitrogen and oxygen atoms in total. The molecule has 4 rings (SSSR count). The molecule has 1 aliphatic rings. The van der Waals surface area contributed by atoms with Gasteiger partial charge in [-0.05, 0) is 17.5 Å². The minimum Gasteiger partial charge on any atom is -0.396 e. The van der Waals surface area contributed by atoms with Crippen molar-refractivity contribution in [3.05, 3.63) is 65.9 Å². The van der Waals surface area contributed by atoms with E-state index in [4.69, 9.17) is 9.63 Å². The number of rotatable bonds is 5. The number of aromatic nitrogens is 1. The zero-order chi connectivity index (χ0) is 17.1.